The number of amides is 1. The molecule has 2 atom stereocenters. The average Bonchev–Trinajstić information content (AvgIpc) is 3.45. The monoisotopic (exact) mass is 1110 g/mol. The summed E-state index contributed by atoms with van der Waals surface area (Å²) in [6.07, 6.45) is 85.7. The zero-order chi connectivity index (χ0) is 57.1. The van der Waals surface area contributed by atoms with E-state index in [0.717, 1.165) is 38.5 Å². The normalized spacial score (nSPS) is 12.5. The molecule has 0 bridgehead atoms. The Kier molecular flexibility index (Phi) is 67.9. The predicted molar refractivity (Wildman–Crippen MR) is 347 cm³/mol. The van der Waals surface area contributed by atoms with E-state index >= 15 is 0 Å². The van der Waals surface area contributed by atoms with Crippen molar-refractivity contribution < 1.29 is 24.5 Å². The molecule has 3 N–H and O–H groups in total. The van der Waals surface area contributed by atoms with Crippen LogP contribution in [0.1, 0.15) is 418 Å². The molecule has 0 aliphatic rings. The van der Waals surface area contributed by atoms with Crippen molar-refractivity contribution in [3.63, 3.8) is 0 Å². The minimum Gasteiger partial charge on any atom is -0.466 e. The minimum atomic E-state index is -0.659. The summed E-state index contributed by atoms with van der Waals surface area (Å²) < 4.78 is 5.52. The Morgan fingerprint density at radius 2 is 0.595 bits per heavy atom. The number of ether oxygens (including phenoxy) is 1. The Labute approximate surface area is 495 Å². The van der Waals surface area contributed by atoms with Gasteiger partial charge in [-0.1, -0.05) is 366 Å². The first-order chi connectivity index (χ1) is 39.0. The summed E-state index contributed by atoms with van der Waals surface area (Å²) in [5, 5.41) is 23.2. The van der Waals surface area contributed by atoms with E-state index in [0.29, 0.717) is 25.9 Å². The van der Waals surface area contributed by atoms with Crippen molar-refractivity contribution in [2.75, 3.05) is 13.2 Å². The van der Waals surface area contributed by atoms with Gasteiger partial charge in [-0.05, 0) is 51.4 Å². The molecule has 0 aromatic rings. The molecule has 0 heterocycles. The van der Waals surface area contributed by atoms with Crippen LogP contribution in [0, 0.1) is 0 Å². The lowest BCUT2D eigenvalue weighted by molar-refractivity contribution is -0.143. The fourth-order valence-electron chi connectivity index (χ4n) is 11.8. The van der Waals surface area contributed by atoms with Crippen LogP contribution in [-0.4, -0.2) is 47.4 Å². The smallest absolute Gasteiger partial charge is 0.305 e. The van der Waals surface area contributed by atoms with E-state index < -0.39 is 12.1 Å². The number of carbonyl (C=O) groups is 2. The third kappa shape index (κ3) is 65.6. The van der Waals surface area contributed by atoms with Gasteiger partial charge in [-0.3, -0.25) is 9.59 Å². The number of carbonyl (C=O) groups excluding carboxylic acids is 2. The number of rotatable bonds is 69. The maximum Gasteiger partial charge on any atom is 0.305 e. The van der Waals surface area contributed by atoms with Crippen molar-refractivity contribution in [2.24, 2.45) is 0 Å². The topological polar surface area (TPSA) is 95.9 Å². The van der Waals surface area contributed by atoms with E-state index in [1.54, 1.807) is 0 Å². The maximum absolute atomic E-state index is 12.5. The number of unbranched alkanes of at least 4 members (excludes halogenated alkanes) is 56. The Hall–Kier alpha value is -1.40. The van der Waals surface area contributed by atoms with Gasteiger partial charge < -0.3 is 20.3 Å². The number of hydrogen-bond donors (Lipinski definition) is 3. The molecule has 2 unspecified atom stereocenters. The van der Waals surface area contributed by atoms with Crippen molar-refractivity contribution in [3.8, 4) is 0 Å². The van der Waals surface area contributed by atoms with Gasteiger partial charge in [0.1, 0.15) is 0 Å². The molecule has 6 heteroatoms. The zero-order valence-electron chi connectivity index (χ0n) is 53.9. The van der Waals surface area contributed by atoms with E-state index in [1.165, 1.54) is 347 Å². The molecule has 0 aliphatic carbocycles. The molecule has 0 aromatic heterocycles. The second kappa shape index (κ2) is 69.1. The first kappa shape index (κ1) is 77.6. The minimum absolute atomic E-state index is 0.0217. The summed E-state index contributed by atoms with van der Waals surface area (Å²) in [6.45, 7) is 4.98. The number of aliphatic hydroxyl groups is 2. The predicted octanol–water partition coefficient (Wildman–Crippen LogP) is 23.5. The van der Waals surface area contributed by atoms with Gasteiger partial charge in [-0.15, -0.1) is 0 Å². The van der Waals surface area contributed by atoms with Crippen LogP contribution in [0.3, 0.4) is 0 Å². The molecule has 0 saturated heterocycles. The second-order valence-electron chi connectivity index (χ2n) is 25.3. The van der Waals surface area contributed by atoms with Gasteiger partial charge in [-0.25, -0.2) is 0 Å². The van der Waals surface area contributed by atoms with Gasteiger partial charge in [0.15, 0.2) is 0 Å². The molecule has 0 aromatic carbocycles. The molecule has 0 radical (unpaired) electrons. The largest absolute Gasteiger partial charge is 0.466 e. The quantitative estimate of drug-likeness (QED) is 0.0320. The van der Waals surface area contributed by atoms with Crippen LogP contribution in [0.2, 0.25) is 0 Å². The van der Waals surface area contributed by atoms with Crippen molar-refractivity contribution in [3.05, 3.63) is 12.2 Å². The number of esters is 1. The van der Waals surface area contributed by atoms with Gasteiger partial charge in [0, 0.05) is 12.8 Å². The van der Waals surface area contributed by atoms with Crippen LogP contribution in [0.15, 0.2) is 12.2 Å². The zero-order valence-corrected chi connectivity index (χ0v) is 53.9. The average molecular weight is 1110 g/mol. The fourth-order valence-corrected chi connectivity index (χ4v) is 11.8. The number of allylic oxidation sites excluding steroid dienone is 2. The standard InChI is InChI=1S/C73H143NO5/c1-3-5-7-9-11-13-15-16-17-18-33-37-40-43-47-51-55-59-63-67-73(78)79-68-64-60-56-52-48-44-41-38-35-32-30-28-26-24-22-20-19-21-23-25-27-29-31-34-36-39-42-46-50-54-58-62-66-72(77)74-70(69-75)71(76)65-61-57-53-49-45-14-12-10-8-6-4-2/h16-17,70-71,75-76H,3-15,18-69H2,1-2H3,(H,74,77)/b17-16-. The molecule has 79 heavy (non-hydrogen) atoms. The summed E-state index contributed by atoms with van der Waals surface area (Å²) in [6, 6.07) is -0.536. The van der Waals surface area contributed by atoms with Crippen LogP contribution >= 0.6 is 0 Å². The van der Waals surface area contributed by atoms with E-state index in [9.17, 15) is 19.8 Å². The summed E-state index contributed by atoms with van der Waals surface area (Å²) in [4.78, 5) is 24.6. The number of nitrogens with one attached hydrogen (secondary N) is 1. The second-order valence-corrected chi connectivity index (χ2v) is 25.3. The van der Waals surface area contributed by atoms with Crippen LogP contribution in [0.4, 0.5) is 0 Å². The van der Waals surface area contributed by atoms with Gasteiger partial charge in [0.2, 0.25) is 5.91 Å². The van der Waals surface area contributed by atoms with Crippen LogP contribution < -0.4 is 5.32 Å². The van der Waals surface area contributed by atoms with Gasteiger partial charge in [0.05, 0.1) is 25.4 Å². The summed E-state index contributed by atoms with van der Waals surface area (Å²) in [5.74, 6) is -0.00730. The molecule has 0 rings (SSSR count). The third-order valence-electron chi connectivity index (χ3n) is 17.3. The highest BCUT2D eigenvalue weighted by Crippen LogP contribution is 2.19. The lowest BCUT2D eigenvalue weighted by atomic mass is 10.0. The van der Waals surface area contributed by atoms with E-state index in [4.69, 9.17) is 4.74 Å². The van der Waals surface area contributed by atoms with Gasteiger partial charge in [-0.2, -0.15) is 0 Å². The molecular formula is C73H143NO5. The van der Waals surface area contributed by atoms with Crippen LogP contribution in [0.25, 0.3) is 0 Å². The molecule has 1 amide bonds. The fraction of sp³-hybridized carbons (Fsp3) is 0.945. The molecule has 0 fully saturated rings. The first-order valence-electron chi connectivity index (χ1n) is 36.4. The maximum atomic E-state index is 12.5. The summed E-state index contributed by atoms with van der Waals surface area (Å²) in [5.41, 5.74) is 0. The molecule has 470 valence electrons. The van der Waals surface area contributed by atoms with Crippen molar-refractivity contribution >= 4 is 11.9 Å². The number of hydrogen-bond acceptors (Lipinski definition) is 5. The molecular weight excluding hydrogens is 971 g/mol. The van der Waals surface area contributed by atoms with Gasteiger partial charge in [0.25, 0.3) is 0 Å². The van der Waals surface area contributed by atoms with Crippen LogP contribution in [-0.2, 0) is 14.3 Å². The van der Waals surface area contributed by atoms with Crippen molar-refractivity contribution in [1.29, 1.82) is 0 Å². The first-order valence-corrected chi connectivity index (χ1v) is 36.4. The van der Waals surface area contributed by atoms with Crippen molar-refractivity contribution in [1.82, 2.24) is 5.32 Å². The Morgan fingerprint density at radius 1 is 0.342 bits per heavy atom. The summed E-state index contributed by atoms with van der Waals surface area (Å²) in [7, 11) is 0. The Balaban J connectivity index is 3.28. The van der Waals surface area contributed by atoms with Crippen LogP contribution in [0.5, 0.6) is 0 Å². The highest BCUT2D eigenvalue weighted by molar-refractivity contribution is 5.76. The SMILES string of the molecule is CCCCCCCC/C=C\CCCCCCCCCCCC(=O)OCCCCCCCCCCCCCCCCCCCCCCCCCCCCCCCCCCC(=O)NC(CO)C(O)CCCCCCCCCCCCC. The highest BCUT2D eigenvalue weighted by Gasteiger charge is 2.20. The molecule has 6 nitrogen and oxygen atoms in total. The number of aliphatic hydroxyl groups excluding tert-OH is 2. The van der Waals surface area contributed by atoms with Crippen molar-refractivity contribution in [2.45, 2.75) is 431 Å². The molecule has 0 saturated carbocycles. The lowest BCUT2D eigenvalue weighted by Gasteiger charge is -2.22. The van der Waals surface area contributed by atoms with E-state index in [2.05, 4.69) is 31.3 Å². The highest BCUT2D eigenvalue weighted by atomic mass is 16.5. The Bertz CT molecular complexity index is 1190. The molecule has 0 aliphatic heterocycles. The Morgan fingerprint density at radius 3 is 0.899 bits per heavy atom. The van der Waals surface area contributed by atoms with Gasteiger partial charge >= 0.3 is 5.97 Å². The van der Waals surface area contributed by atoms with E-state index in [-0.39, 0.29) is 18.5 Å². The lowest BCUT2D eigenvalue weighted by Crippen LogP contribution is -2.45. The summed E-state index contributed by atoms with van der Waals surface area (Å²) >= 11 is 0. The third-order valence-corrected chi connectivity index (χ3v) is 17.3. The van der Waals surface area contributed by atoms with E-state index in [1.807, 2.05) is 0 Å². The molecule has 0 spiro atoms.